The Labute approximate surface area is 254 Å². The normalized spacial score (nSPS) is 18.9. The summed E-state index contributed by atoms with van der Waals surface area (Å²) in [6, 6.07) is 20.6. The van der Waals surface area contributed by atoms with Crippen LogP contribution in [-0.2, 0) is 9.63 Å². The number of hydroxylamine groups is 2. The number of halogens is 3. The number of nitrogens with one attached hydrogen (secondary N) is 1. The summed E-state index contributed by atoms with van der Waals surface area (Å²) in [6.07, 6.45) is -5.08. The van der Waals surface area contributed by atoms with E-state index in [4.69, 9.17) is 4.84 Å². The lowest BCUT2D eigenvalue weighted by atomic mass is 10.0. The minimum absolute atomic E-state index is 0.0391. The zero-order chi connectivity index (χ0) is 31.4. The fraction of sp³-hybridized carbons (Fsp3) is 0.364. The third kappa shape index (κ3) is 7.05. The first-order chi connectivity index (χ1) is 21.0. The van der Waals surface area contributed by atoms with Gasteiger partial charge in [-0.05, 0) is 60.9 Å². The van der Waals surface area contributed by atoms with Gasteiger partial charge in [-0.15, -0.1) is 5.06 Å². The molecule has 2 aliphatic heterocycles. The van der Waals surface area contributed by atoms with Crippen LogP contribution in [0.3, 0.4) is 0 Å². The van der Waals surface area contributed by atoms with E-state index >= 15 is 0 Å². The van der Waals surface area contributed by atoms with Gasteiger partial charge < -0.3 is 20.0 Å². The molecule has 3 unspecified atom stereocenters. The summed E-state index contributed by atoms with van der Waals surface area (Å²) in [7, 11) is 0. The van der Waals surface area contributed by atoms with Gasteiger partial charge in [0.1, 0.15) is 0 Å². The van der Waals surface area contributed by atoms with Gasteiger partial charge in [0, 0.05) is 44.0 Å². The van der Waals surface area contributed by atoms with Crippen LogP contribution in [0.15, 0.2) is 78.9 Å². The fourth-order valence-corrected chi connectivity index (χ4v) is 6.24. The second-order valence-electron chi connectivity index (χ2n) is 11.5. The van der Waals surface area contributed by atoms with Crippen molar-refractivity contribution in [3.63, 3.8) is 0 Å². The van der Waals surface area contributed by atoms with Crippen molar-refractivity contribution in [2.24, 2.45) is 11.8 Å². The van der Waals surface area contributed by atoms with Gasteiger partial charge in [-0.1, -0.05) is 66.7 Å². The molecule has 3 aromatic rings. The molecule has 0 saturated carbocycles. The summed E-state index contributed by atoms with van der Waals surface area (Å²) in [5.74, 6) is -1.92. The van der Waals surface area contributed by atoms with Crippen molar-refractivity contribution in [1.29, 1.82) is 0 Å². The number of benzene rings is 3. The van der Waals surface area contributed by atoms with E-state index in [0.717, 1.165) is 16.7 Å². The highest BCUT2D eigenvalue weighted by Crippen LogP contribution is 2.34. The highest BCUT2D eigenvalue weighted by atomic mass is 19.4. The Morgan fingerprint density at radius 2 is 1.43 bits per heavy atom. The Kier molecular flexibility index (Phi) is 9.24. The summed E-state index contributed by atoms with van der Waals surface area (Å²) in [4.78, 5) is 47.5. The number of likely N-dealkylation sites (tertiary alicyclic amines) is 2. The van der Waals surface area contributed by atoms with Gasteiger partial charge in [-0.2, -0.15) is 13.2 Å². The number of anilines is 1. The monoisotopic (exact) mass is 608 g/mol. The van der Waals surface area contributed by atoms with Crippen LogP contribution >= 0.6 is 0 Å². The summed E-state index contributed by atoms with van der Waals surface area (Å²) >= 11 is 0. The van der Waals surface area contributed by atoms with Crippen LogP contribution < -0.4 is 5.32 Å². The molecule has 8 nitrogen and oxygen atoms in total. The van der Waals surface area contributed by atoms with Gasteiger partial charge in [0.2, 0.25) is 0 Å². The number of nitrogens with zero attached hydrogens (tertiary/aromatic N) is 3. The van der Waals surface area contributed by atoms with E-state index in [1.165, 1.54) is 0 Å². The summed E-state index contributed by atoms with van der Waals surface area (Å²) in [5, 5.41) is 3.04. The lowest BCUT2D eigenvalue weighted by Gasteiger charge is -2.32. The van der Waals surface area contributed by atoms with Crippen molar-refractivity contribution in [1.82, 2.24) is 14.9 Å². The highest BCUT2D eigenvalue weighted by Gasteiger charge is 2.46. The largest absolute Gasteiger partial charge is 0.493 e. The van der Waals surface area contributed by atoms with Crippen molar-refractivity contribution in [3.05, 3.63) is 101 Å². The van der Waals surface area contributed by atoms with E-state index in [1.54, 1.807) is 60.7 Å². The number of alkyl halides is 3. The van der Waals surface area contributed by atoms with E-state index in [2.05, 4.69) is 10.2 Å². The average Bonchev–Trinajstić information content (AvgIpc) is 3.56. The van der Waals surface area contributed by atoms with Crippen LogP contribution in [0.1, 0.15) is 39.5 Å². The third-order valence-electron chi connectivity index (χ3n) is 8.37. The standard InChI is InChI=1S/C33H35F3N4O4/c1-22-10-9-11-23(2)29(22)30(41)39-20-25-18-38(19-26(25)21-39)17-16-28(24-12-5-3-6-13-24)40(44-31(42)33(34,35)36)32(43)37-27-14-7-4-8-15-27/h3-15,25-26,28H,16-21H2,1-2H3,(H,37,43). The van der Waals surface area contributed by atoms with Gasteiger partial charge in [0.05, 0.1) is 6.04 Å². The molecule has 0 aliphatic carbocycles. The SMILES string of the molecule is Cc1cccc(C)c1C(=O)N1CC2CN(CCC(c3ccccc3)N(OC(=O)C(F)(F)F)C(=O)Nc3ccccc3)CC2C1. The smallest absolute Gasteiger partial charge is 0.338 e. The summed E-state index contributed by atoms with van der Waals surface area (Å²) < 4.78 is 39.9. The molecule has 1 N–H and O–H groups in total. The number of rotatable bonds is 7. The number of para-hydroxylation sites is 1. The number of urea groups is 1. The first-order valence-electron chi connectivity index (χ1n) is 14.6. The van der Waals surface area contributed by atoms with E-state index < -0.39 is 24.2 Å². The molecule has 0 spiro atoms. The minimum Gasteiger partial charge on any atom is -0.338 e. The van der Waals surface area contributed by atoms with Gasteiger partial charge >= 0.3 is 18.2 Å². The van der Waals surface area contributed by atoms with Crippen molar-refractivity contribution in [2.45, 2.75) is 32.5 Å². The molecule has 2 heterocycles. The maximum atomic E-state index is 13.3. The predicted molar refractivity (Wildman–Crippen MR) is 158 cm³/mol. The zero-order valence-electron chi connectivity index (χ0n) is 24.6. The number of hydrogen-bond donors (Lipinski definition) is 1. The first-order valence-corrected chi connectivity index (χ1v) is 14.6. The summed E-state index contributed by atoms with van der Waals surface area (Å²) in [5.41, 5.74) is 3.51. The quantitative estimate of drug-likeness (QED) is 0.333. The topological polar surface area (TPSA) is 82.2 Å². The molecular weight excluding hydrogens is 573 g/mol. The Hall–Kier alpha value is -4.38. The van der Waals surface area contributed by atoms with Crippen LogP contribution in [0.25, 0.3) is 0 Å². The molecule has 232 valence electrons. The molecule has 2 fully saturated rings. The van der Waals surface area contributed by atoms with Gasteiger partial charge in [0.25, 0.3) is 5.91 Å². The molecule has 2 saturated heterocycles. The van der Waals surface area contributed by atoms with Crippen molar-refractivity contribution >= 4 is 23.6 Å². The second-order valence-corrected chi connectivity index (χ2v) is 11.5. The van der Waals surface area contributed by atoms with Crippen molar-refractivity contribution in [2.75, 3.05) is 38.0 Å². The molecule has 0 aromatic heterocycles. The maximum Gasteiger partial charge on any atom is 0.493 e. The maximum absolute atomic E-state index is 13.3. The van der Waals surface area contributed by atoms with Crippen LogP contribution in [-0.4, -0.2) is 71.7 Å². The third-order valence-corrected chi connectivity index (χ3v) is 8.37. The van der Waals surface area contributed by atoms with Gasteiger partial charge in [0.15, 0.2) is 0 Å². The lowest BCUT2D eigenvalue weighted by Crippen LogP contribution is -2.44. The molecule has 3 aromatic carbocycles. The van der Waals surface area contributed by atoms with E-state index in [-0.39, 0.29) is 24.2 Å². The highest BCUT2D eigenvalue weighted by molar-refractivity contribution is 5.97. The number of aryl methyl sites for hydroxylation is 2. The predicted octanol–water partition coefficient (Wildman–Crippen LogP) is 5.99. The number of amides is 3. The number of carbonyl (C=O) groups excluding carboxylic acids is 3. The van der Waals surface area contributed by atoms with E-state index in [1.807, 2.05) is 36.9 Å². The van der Waals surface area contributed by atoms with Gasteiger partial charge in [-0.3, -0.25) is 4.79 Å². The Morgan fingerprint density at radius 3 is 2.00 bits per heavy atom. The molecule has 2 aliphatic rings. The van der Waals surface area contributed by atoms with Crippen LogP contribution in [0.5, 0.6) is 0 Å². The molecule has 44 heavy (non-hydrogen) atoms. The van der Waals surface area contributed by atoms with Crippen molar-refractivity contribution in [3.8, 4) is 0 Å². The Bertz CT molecular complexity index is 1450. The molecule has 0 radical (unpaired) electrons. The first kappa shape index (κ1) is 31.1. The lowest BCUT2D eigenvalue weighted by molar-refractivity contribution is -0.233. The number of fused-ring (bicyclic) bond motifs is 1. The molecule has 3 atom stereocenters. The van der Waals surface area contributed by atoms with Crippen LogP contribution in [0.4, 0.5) is 23.7 Å². The van der Waals surface area contributed by atoms with Gasteiger partial charge in [-0.25, -0.2) is 9.59 Å². The Morgan fingerprint density at radius 1 is 0.864 bits per heavy atom. The summed E-state index contributed by atoms with van der Waals surface area (Å²) in [6.45, 7) is 7.00. The second kappa shape index (κ2) is 13.1. The van der Waals surface area contributed by atoms with E-state index in [0.29, 0.717) is 49.0 Å². The molecule has 3 amide bonds. The zero-order valence-corrected chi connectivity index (χ0v) is 24.6. The average molecular weight is 609 g/mol. The molecule has 0 bridgehead atoms. The van der Waals surface area contributed by atoms with Crippen molar-refractivity contribution < 1.29 is 32.4 Å². The van der Waals surface area contributed by atoms with E-state index in [9.17, 15) is 27.6 Å². The minimum atomic E-state index is -5.29. The molecule has 5 rings (SSSR count). The number of hydrogen-bond acceptors (Lipinski definition) is 5. The molecular formula is C33H35F3N4O4. The van der Waals surface area contributed by atoms with Crippen LogP contribution in [0.2, 0.25) is 0 Å². The fourth-order valence-electron chi connectivity index (χ4n) is 6.24. The number of carbonyl (C=O) groups is 3. The molecule has 11 heteroatoms. The van der Waals surface area contributed by atoms with Crippen LogP contribution in [0, 0.1) is 25.7 Å². The Balaban J connectivity index is 1.29.